The van der Waals surface area contributed by atoms with Crippen LogP contribution in [0.2, 0.25) is 0 Å². The van der Waals surface area contributed by atoms with Gasteiger partial charge < -0.3 is 4.90 Å². The Hall–Kier alpha value is -0.220. The smallest absolute Gasteiger partial charge is 0.241 e. The summed E-state index contributed by atoms with van der Waals surface area (Å²) in [6.45, 7) is 7.30. The van der Waals surface area contributed by atoms with E-state index >= 15 is 0 Å². The van der Waals surface area contributed by atoms with E-state index < -0.39 is 0 Å². The number of nitrogens with one attached hydrogen (secondary N) is 1. The molecule has 94 valence electrons. The Morgan fingerprint density at radius 1 is 1.56 bits per heavy atom. The van der Waals surface area contributed by atoms with E-state index in [0.717, 1.165) is 25.8 Å². The zero-order valence-corrected chi connectivity index (χ0v) is 11.6. The van der Waals surface area contributed by atoms with Crippen LogP contribution in [0.15, 0.2) is 0 Å². The van der Waals surface area contributed by atoms with Gasteiger partial charge in [0.2, 0.25) is 5.91 Å². The molecule has 1 saturated heterocycles. The monoisotopic (exact) mass is 244 g/mol. The molecule has 0 spiro atoms. The molecule has 1 aliphatic rings. The van der Waals surface area contributed by atoms with Crippen LogP contribution in [0.5, 0.6) is 0 Å². The van der Waals surface area contributed by atoms with Gasteiger partial charge in [-0.1, -0.05) is 20.3 Å². The first-order chi connectivity index (χ1) is 7.60. The fraction of sp³-hybridized carbons (Fsp3) is 0.917. The number of carbonyl (C=O) groups is 1. The summed E-state index contributed by atoms with van der Waals surface area (Å²) in [4.78, 5) is 14.1. The molecule has 3 atom stereocenters. The average Bonchev–Trinajstić information content (AvgIpc) is 2.52. The summed E-state index contributed by atoms with van der Waals surface area (Å²) in [5, 5.41) is 4.00. The predicted molar refractivity (Wildman–Crippen MR) is 70.6 cm³/mol. The lowest BCUT2D eigenvalue weighted by Crippen LogP contribution is -2.36. The summed E-state index contributed by atoms with van der Waals surface area (Å²) in [7, 11) is 0. The molecule has 1 fully saturated rings. The number of amides is 1. The Bertz CT molecular complexity index is 235. The van der Waals surface area contributed by atoms with E-state index in [1.807, 2.05) is 16.7 Å². The normalized spacial score (nSPS) is 27.5. The maximum absolute atomic E-state index is 12.1. The van der Waals surface area contributed by atoms with Gasteiger partial charge in [-0.3, -0.25) is 10.1 Å². The molecule has 16 heavy (non-hydrogen) atoms. The van der Waals surface area contributed by atoms with Crippen LogP contribution in [-0.2, 0) is 4.79 Å². The largest absolute Gasteiger partial charge is 0.326 e. The molecular formula is C12H24N2OS. The van der Waals surface area contributed by atoms with E-state index in [1.165, 1.54) is 0 Å². The SMILES string of the molecule is CCCC1NC(C)N(CCC(C)SC)C1=O. The molecule has 0 aromatic heterocycles. The molecule has 0 aromatic carbocycles. The van der Waals surface area contributed by atoms with Crippen molar-refractivity contribution < 1.29 is 4.79 Å². The van der Waals surface area contributed by atoms with Crippen LogP contribution in [0, 0.1) is 0 Å². The van der Waals surface area contributed by atoms with Gasteiger partial charge in [-0.05, 0) is 26.0 Å². The van der Waals surface area contributed by atoms with Gasteiger partial charge in [0, 0.05) is 11.8 Å². The Kier molecular flexibility index (Phi) is 5.62. The zero-order valence-electron chi connectivity index (χ0n) is 10.8. The third kappa shape index (κ3) is 3.39. The van der Waals surface area contributed by atoms with Crippen LogP contribution in [0.4, 0.5) is 0 Å². The highest BCUT2D eigenvalue weighted by Crippen LogP contribution is 2.17. The molecule has 0 radical (unpaired) electrons. The zero-order chi connectivity index (χ0) is 12.1. The summed E-state index contributed by atoms with van der Waals surface area (Å²) < 4.78 is 0. The van der Waals surface area contributed by atoms with Gasteiger partial charge >= 0.3 is 0 Å². The minimum Gasteiger partial charge on any atom is -0.326 e. The minimum atomic E-state index is 0.0598. The molecule has 1 aliphatic heterocycles. The minimum absolute atomic E-state index is 0.0598. The number of hydrogen-bond acceptors (Lipinski definition) is 3. The Morgan fingerprint density at radius 2 is 2.25 bits per heavy atom. The van der Waals surface area contributed by atoms with E-state index in [1.54, 1.807) is 0 Å². The van der Waals surface area contributed by atoms with Crippen LogP contribution in [0.3, 0.4) is 0 Å². The number of rotatable bonds is 6. The molecule has 3 nitrogen and oxygen atoms in total. The second kappa shape index (κ2) is 6.50. The number of hydrogen-bond donors (Lipinski definition) is 1. The van der Waals surface area contributed by atoms with Gasteiger partial charge in [0.15, 0.2) is 0 Å². The van der Waals surface area contributed by atoms with E-state index in [2.05, 4.69) is 32.3 Å². The fourth-order valence-corrected chi connectivity index (χ4v) is 2.42. The molecule has 1 N–H and O–H groups in total. The summed E-state index contributed by atoms with van der Waals surface area (Å²) in [5.74, 6) is 0.294. The summed E-state index contributed by atoms with van der Waals surface area (Å²) in [6, 6.07) is 0.0598. The maximum Gasteiger partial charge on any atom is 0.241 e. The van der Waals surface area contributed by atoms with Crippen molar-refractivity contribution in [3.63, 3.8) is 0 Å². The molecule has 1 heterocycles. The van der Waals surface area contributed by atoms with Gasteiger partial charge in [0.25, 0.3) is 0 Å². The van der Waals surface area contributed by atoms with Crippen molar-refractivity contribution in [2.24, 2.45) is 0 Å². The quantitative estimate of drug-likeness (QED) is 0.776. The highest BCUT2D eigenvalue weighted by Gasteiger charge is 2.35. The van der Waals surface area contributed by atoms with Crippen LogP contribution in [-0.4, -0.2) is 41.1 Å². The van der Waals surface area contributed by atoms with Crippen molar-refractivity contribution in [1.29, 1.82) is 0 Å². The summed E-state index contributed by atoms with van der Waals surface area (Å²) in [5.41, 5.74) is 0. The van der Waals surface area contributed by atoms with Gasteiger partial charge in [-0.25, -0.2) is 0 Å². The number of carbonyl (C=O) groups excluding carboxylic acids is 1. The molecular weight excluding hydrogens is 220 g/mol. The van der Waals surface area contributed by atoms with Crippen molar-refractivity contribution in [2.75, 3.05) is 12.8 Å². The highest BCUT2D eigenvalue weighted by molar-refractivity contribution is 7.99. The van der Waals surface area contributed by atoms with Crippen molar-refractivity contribution in [3.8, 4) is 0 Å². The predicted octanol–water partition coefficient (Wildman–Crippen LogP) is 2.07. The second-order valence-corrected chi connectivity index (χ2v) is 5.83. The third-order valence-corrected chi connectivity index (χ3v) is 4.29. The van der Waals surface area contributed by atoms with Crippen molar-refractivity contribution in [2.45, 2.75) is 57.5 Å². The van der Waals surface area contributed by atoms with Crippen LogP contribution in [0.1, 0.15) is 40.0 Å². The van der Waals surface area contributed by atoms with E-state index in [-0.39, 0.29) is 12.2 Å². The maximum atomic E-state index is 12.1. The molecule has 0 bridgehead atoms. The standard InChI is InChI=1S/C12H24N2OS/c1-5-6-11-12(15)14(10(3)13-11)8-7-9(2)16-4/h9-11,13H,5-8H2,1-4H3. The highest BCUT2D eigenvalue weighted by atomic mass is 32.2. The topological polar surface area (TPSA) is 32.3 Å². The van der Waals surface area contributed by atoms with Crippen molar-refractivity contribution >= 4 is 17.7 Å². The summed E-state index contributed by atoms with van der Waals surface area (Å²) in [6.07, 6.45) is 5.43. The molecule has 4 heteroatoms. The van der Waals surface area contributed by atoms with E-state index in [4.69, 9.17) is 0 Å². The molecule has 3 unspecified atom stereocenters. The Morgan fingerprint density at radius 3 is 2.81 bits per heavy atom. The Labute approximate surface area is 103 Å². The average molecular weight is 244 g/mol. The van der Waals surface area contributed by atoms with Gasteiger partial charge in [-0.15, -0.1) is 0 Å². The van der Waals surface area contributed by atoms with Crippen LogP contribution < -0.4 is 5.32 Å². The lowest BCUT2D eigenvalue weighted by Gasteiger charge is -2.22. The number of thioether (sulfide) groups is 1. The van der Waals surface area contributed by atoms with Gasteiger partial charge in [0.1, 0.15) is 0 Å². The van der Waals surface area contributed by atoms with Crippen molar-refractivity contribution in [1.82, 2.24) is 10.2 Å². The molecule has 1 rings (SSSR count). The molecule has 1 amide bonds. The molecule has 0 aromatic rings. The van der Waals surface area contributed by atoms with Gasteiger partial charge in [0.05, 0.1) is 12.2 Å². The first kappa shape index (κ1) is 13.8. The van der Waals surface area contributed by atoms with Crippen LogP contribution in [0.25, 0.3) is 0 Å². The van der Waals surface area contributed by atoms with Gasteiger partial charge in [-0.2, -0.15) is 11.8 Å². The Balaban J connectivity index is 2.44. The first-order valence-corrected chi connectivity index (χ1v) is 7.48. The van der Waals surface area contributed by atoms with E-state index in [9.17, 15) is 4.79 Å². The molecule has 0 aliphatic carbocycles. The number of nitrogens with zero attached hydrogens (tertiary/aromatic N) is 1. The molecule has 0 saturated carbocycles. The second-order valence-electron chi connectivity index (χ2n) is 4.55. The fourth-order valence-electron chi connectivity index (χ4n) is 2.08. The van der Waals surface area contributed by atoms with E-state index in [0.29, 0.717) is 11.2 Å². The first-order valence-electron chi connectivity index (χ1n) is 6.19. The summed E-state index contributed by atoms with van der Waals surface area (Å²) >= 11 is 1.86. The lowest BCUT2D eigenvalue weighted by atomic mass is 10.1. The van der Waals surface area contributed by atoms with Crippen LogP contribution >= 0.6 is 11.8 Å². The lowest BCUT2D eigenvalue weighted by molar-refractivity contribution is -0.130. The third-order valence-electron chi connectivity index (χ3n) is 3.25. The van der Waals surface area contributed by atoms with Crippen molar-refractivity contribution in [3.05, 3.63) is 0 Å².